The van der Waals surface area contributed by atoms with Gasteiger partial charge in [-0.25, -0.2) is 9.79 Å². The SMILES string of the molecule is O=C1OC(c2ccccc2Br)=N/C1=C\c1ccc(OCc2cccc(Br)c2)cc1. The molecule has 0 amide bonds. The van der Waals surface area contributed by atoms with Crippen LogP contribution in [-0.4, -0.2) is 11.9 Å². The lowest BCUT2D eigenvalue weighted by atomic mass is 10.2. The van der Waals surface area contributed by atoms with Crippen molar-refractivity contribution in [3.05, 3.63) is 104 Å². The first-order chi connectivity index (χ1) is 14.1. The summed E-state index contributed by atoms with van der Waals surface area (Å²) in [5, 5.41) is 0. The number of ether oxygens (including phenoxy) is 2. The van der Waals surface area contributed by atoms with Crippen molar-refractivity contribution >= 4 is 49.8 Å². The zero-order valence-corrected chi connectivity index (χ0v) is 18.3. The number of cyclic esters (lactones) is 1. The molecule has 0 saturated heterocycles. The molecule has 0 spiro atoms. The van der Waals surface area contributed by atoms with Crippen molar-refractivity contribution in [3.63, 3.8) is 0 Å². The highest BCUT2D eigenvalue weighted by atomic mass is 79.9. The van der Waals surface area contributed by atoms with Gasteiger partial charge < -0.3 is 9.47 Å². The molecule has 0 N–H and O–H groups in total. The van der Waals surface area contributed by atoms with Crippen LogP contribution in [0.1, 0.15) is 16.7 Å². The van der Waals surface area contributed by atoms with E-state index in [1.165, 1.54) is 0 Å². The topological polar surface area (TPSA) is 47.9 Å². The average Bonchev–Trinajstić information content (AvgIpc) is 3.08. The number of benzene rings is 3. The Morgan fingerprint density at radius 2 is 1.76 bits per heavy atom. The molecule has 29 heavy (non-hydrogen) atoms. The Balaban J connectivity index is 1.47. The third-order valence-corrected chi connectivity index (χ3v) is 5.39. The van der Waals surface area contributed by atoms with Crippen LogP contribution in [0.2, 0.25) is 0 Å². The van der Waals surface area contributed by atoms with E-state index in [0.29, 0.717) is 12.5 Å². The Morgan fingerprint density at radius 3 is 2.52 bits per heavy atom. The highest BCUT2D eigenvalue weighted by molar-refractivity contribution is 9.10. The van der Waals surface area contributed by atoms with Crippen LogP contribution >= 0.6 is 31.9 Å². The highest BCUT2D eigenvalue weighted by Gasteiger charge is 2.25. The quantitative estimate of drug-likeness (QED) is 0.305. The third-order valence-electron chi connectivity index (χ3n) is 4.20. The Hall–Kier alpha value is -2.70. The molecular formula is C23H15Br2NO3. The maximum Gasteiger partial charge on any atom is 0.363 e. The highest BCUT2D eigenvalue weighted by Crippen LogP contribution is 2.24. The summed E-state index contributed by atoms with van der Waals surface area (Å²) >= 11 is 6.90. The van der Waals surface area contributed by atoms with Gasteiger partial charge in [0.2, 0.25) is 5.90 Å². The van der Waals surface area contributed by atoms with E-state index in [9.17, 15) is 4.79 Å². The van der Waals surface area contributed by atoms with E-state index < -0.39 is 5.97 Å². The van der Waals surface area contributed by atoms with Crippen molar-refractivity contribution in [2.75, 3.05) is 0 Å². The van der Waals surface area contributed by atoms with E-state index in [1.807, 2.05) is 72.8 Å². The molecular weight excluding hydrogens is 498 g/mol. The maximum absolute atomic E-state index is 12.2. The van der Waals surface area contributed by atoms with Gasteiger partial charge in [0.25, 0.3) is 0 Å². The fraction of sp³-hybridized carbons (Fsp3) is 0.0435. The van der Waals surface area contributed by atoms with Gasteiger partial charge in [-0.15, -0.1) is 0 Å². The summed E-state index contributed by atoms with van der Waals surface area (Å²) in [5.74, 6) is 0.576. The van der Waals surface area contributed by atoms with E-state index in [1.54, 1.807) is 6.08 Å². The number of carbonyl (C=O) groups is 1. The number of nitrogens with zero attached hydrogens (tertiary/aromatic N) is 1. The molecule has 1 aliphatic heterocycles. The summed E-state index contributed by atoms with van der Waals surface area (Å²) in [7, 11) is 0. The van der Waals surface area contributed by atoms with Crippen LogP contribution in [0.3, 0.4) is 0 Å². The largest absolute Gasteiger partial charge is 0.489 e. The van der Waals surface area contributed by atoms with Gasteiger partial charge in [-0.1, -0.05) is 52.3 Å². The molecule has 0 radical (unpaired) electrons. The van der Waals surface area contributed by atoms with Gasteiger partial charge >= 0.3 is 5.97 Å². The van der Waals surface area contributed by atoms with E-state index in [4.69, 9.17) is 9.47 Å². The Kier molecular flexibility index (Phi) is 5.92. The first kappa shape index (κ1) is 19.6. The summed E-state index contributed by atoms with van der Waals surface area (Å²) in [4.78, 5) is 16.5. The van der Waals surface area contributed by atoms with E-state index in [0.717, 1.165) is 31.4 Å². The second kappa shape index (κ2) is 8.76. The summed E-state index contributed by atoms with van der Waals surface area (Å²) < 4.78 is 13.0. The smallest absolute Gasteiger partial charge is 0.363 e. The number of rotatable bonds is 5. The molecule has 0 bridgehead atoms. The van der Waals surface area contributed by atoms with Gasteiger partial charge in [0.1, 0.15) is 12.4 Å². The number of carbonyl (C=O) groups excluding carboxylic acids is 1. The summed E-state index contributed by atoms with van der Waals surface area (Å²) in [6.45, 7) is 0.478. The van der Waals surface area contributed by atoms with Gasteiger partial charge in [0, 0.05) is 8.95 Å². The molecule has 0 atom stereocenters. The summed E-state index contributed by atoms with van der Waals surface area (Å²) in [6, 6.07) is 22.9. The number of esters is 1. The Bertz CT molecular complexity index is 1120. The lowest BCUT2D eigenvalue weighted by Crippen LogP contribution is -2.05. The fourth-order valence-electron chi connectivity index (χ4n) is 2.77. The molecule has 1 heterocycles. The zero-order valence-electron chi connectivity index (χ0n) is 15.1. The van der Waals surface area contributed by atoms with Crippen LogP contribution < -0.4 is 4.74 Å². The molecule has 144 valence electrons. The number of aliphatic imine (C=N–C) groups is 1. The van der Waals surface area contributed by atoms with E-state index in [2.05, 4.69) is 36.9 Å². The van der Waals surface area contributed by atoms with Crippen molar-refractivity contribution in [1.82, 2.24) is 0 Å². The molecule has 0 aromatic heterocycles. The van der Waals surface area contributed by atoms with Crippen molar-refractivity contribution in [2.45, 2.75) is 6.61 Å². The molecule has 6 heteroatoms. The lowest BCUT2D eigenvalue weighted by molar-refractivity contribution is -0.129. The average molecular weight is 513 g/mol. The minimum Gasteiger partial charge on any atom is -0.489 e. The normalized spacial score (nSPS) is 14.6. The fourth-order valence-corrected chi connectivity index (χ4v) is 3.67. The molecule has 3 aromatic rings. The first-order valence-corrected chi connectivity index (χ1v) is 10.4. The molecule has 0 aliphatic carbocycles. The second-order valence-electron chi connectivity index (χ2n) is 6.30. The minimum absolute atomic E-state index is 0.263. The van der Waals surface area contributed by atoms with Crippen molar-refractivity contribution in [3.8, 4) is 5.75 Å². The third kappa shape index (κ3) is 4.83. The predicted octanol–water partition coefficient (Wildman–Crippen LogP) is 6.14. The van der Waals surface area contributed by atoms with Gasteiger partial charge in [0.05, 0.1) is 5.56 Å². The monoisotopic (exact) mass is 511 g/mol. The van der Waals surface area contributed by atoms with Crippen molar-refractivity contribution in [1.29, 1.82) is 0 Å². The summed E-state index contributed by atoms with van der Waals surface area (Å²) in [5.41, 5.74) is 2.91. The van der Waals surface area contributed by atoms with Crippen LogP contribution in [0.4, 0.5) is 0 Å². The Labute approximate surface area is 185 Å². The van der Waals surface area contributed by atoms with Crippen molar-refractivity contribution < 1.29 is 14.3 Å². The lowest BCUT2D eigenvalue weighted by Gasteiger charge is -2.07. The van der Waals surface area contributed by atoms with Gasteiger partial charge in [0.15, 0.2) is 5.70 Å². The maximum atomic E-state index is 12.2. The predicted molar refractivity (Wildman–Crippen MR) is 120 cm³/mol. The molecule has 1 aliphatic rings. The van der Waals surface area contributed by atoms with Gasteiger partial charge in [-0.3, -0.25) is 0 Å². The van der Waals surface area contributed by atoms with E-state index in [-0.39, 0.29) is 5.70 Å². The molecule has 0 fully saturated rings. The standard InChI is InChI=1S/C23H15Br2NO3/c24-17-5-3-4-16(12-17)14-28-18-10-8-15(9-11-18)13-21-23(27)29-22(26-21)19-6-1-2-7-20(19)25/h1-13H,14H2/b21-13-. The second-order valence-corrected chi connectivity index (χ2v) is 8.07. The zero-order chi connectivity index (χ0) is 20.2. The molecule has 4 rings (SSSR count). The summed E-state index contributed by atoms with van der Waals surface area (Å²) in [6.07, 6.45) is 1.70. The first-order valence-electron chi connectivity index (χ1n) is 8.83. The molecule has 0 saturated carbocycles. The molecule has 0 unspecified atom stereocenters. The van der Waals surface area contributed by atoms with Crippen LogP contribution in [0.15, 0.2) is 92.4 Å². The Morgan fingerprint density at radius 1 is 0.966 bits per heavy atom. The van der Waals surface area contributed by atoms with E-state index >= 15 is 0 Å². The van der Waals surface area contributed by atoms with Gasteiger partial charge in [-0.2, -0.15) is 0 Å². The van der Waals surface area contributed by atoms with Crippen molar-refractivity contribution in [2.24, 2.45) is 4.99 Å². The van der Waals surface area contributed by atoms with Crippen LogP contribution in [0.5, 0.6) is 5.75 Å². The number of hydrogen-bond acceptors (Lipinski definition) is 4. The van der Waals surface area contributed by atoms with Crippen LogP contribution in [0, 0.1) is 0 Å². The molecule has 4 nitrogen and oxygen atoms in total. The van der Waals surface area contributed by atoms with Crippen LogP contribution in [-0.2, 0) is 16.1 Å². The number of hydrogen-bond donors (Lipinski definition) is 0. The minimum atomic E-state index is -0.467. The van der Waals surface area contributed by atoms with Gasteiger partial charge in [-0.05, 0) is 69.5 Å². The number of halogens is 2. The molecule has 3 aromatic carbocycles. The van der Waals surface area contributed by atoms with Crippen LogP contribution in [0.25, 0.3) is 6.08 Å².